The molecule has 0 bridgehead atoms. The van der Waals surface area contributed by atoms with Crippen molar-refractivity contribution in [1.29, 1.82) is 0 Å². The van der Waals surface area contributed by atoms with E-state index in [1.807, 2.05) is 79.7 Å². The van der Waals surface area contributed by atoms with Crippen LogP contribution in [0.2, 0.25) is 0 Å². The number of rotatable bonds is 9. The first-order valence-corrected chi connectivity index (χ1v) is 11.0. The largest absolute Gasteiger partial charge is 0.376 e. The highest BCUT2D eigenvalue weighted by molar-refractivity contribution is 5.50. The van der Waals surface area contributed by atoms with Crippen LogP contribution in [-0.4, -0.2) is 18.3 Å². The van der Waals surface area contributed by atoms with Gasteiger partial charge in [-0.2, -0.15) is 0 Å². The van der Waals surface area contributed by atoms with E-state index in [-0.39, 0.29) is 0 Å². The van der Waals surface area contributed by atoms with Crippen LogP contribution >= 0.6 is 0 Å². The maximum absolute atomic E-state index is 12.3. The summed E-state index contributed by atoms with van der Waals surface area (Å²) in [6.07, 6.45) is 0. The summed E-state index contributed by atoms with van der Waals surface area (Å²) in [5.41, 5.74) is 4.12. The van der Waals surface area contributed by atoms with Gasteiger partial charge in [0.15, 0.2) is 0 Å². The zero-order valence-corrected chi connectivity index (χ0v) is 19.5. The molecule has 0 spiro atoms. The van der Waals surface area contributed by atoms with Gasteiger partial charge in [0.2, 0.25) is 0 Å². The Hall–Kier alpha value is -3.34. The number of ether oxygens (including phenoxy) is 2. The number of hydrogen-bond acceptors (Lipinski definition) is 3. The average molecular weight is 439 g/mol. The molecule has 3 rings (SSSR count). The molecule has 3 aromatic rings. The van der Waals surface area contributed by atoms with Crippen molar-refractivity contribution in [2.75, 3.05) is 13.2 Å². The molecule has 3 nitrogen and oxygen atoms in total. The Morgan fingerprint density at radius 3 is 1.88 bits per heavy atom. The molecule has 0 radical (unpaired) electrons. The van der Waals surface area contributed by atoms with Crippen molar-refractivity contribution in [2.24, 2.45) is 0 Å². The summed E-state index contributed by atoms with van der Waals surface area (Å²) in [7, 11) is 0. The third-order valence-corrected chi connectivity index (χ3v) is 5.48. The molecule has 0 aromatic heterocycles. The molecule has 3 aromatic carbocycles. The van der Waals surface area contributed by atoms with Gasteiger partial charge in [0, 0.05) is 0 Å². The minimum absolute atomic E-state index is 0.352. The molecule has 0 saturated carbocycles. The normalized spacial score (nSPS) is 12.1. The van der Waals surface area contributed by atoms with E-state index in [2.05, 4.69) is 23.7 Å². The molecule has 0 heterocycles. The Labute approximate surface area is 197 Å². The molecular formula is C30H30O3. The zero-order chi connectivity index (χ0) is 23.5. The molecule has 0 aliphatic carbocycles. The Morgan fingerprint density at radius 2 is 1.27 bits per heavy atom. The smallest absolute Gasteiger partial charge is 0.140 e. The first-order chi connectivity index (χ1) is 16.1. The lowest BCUT2D eigenvalue weighted by molar-refractivity contribution is 0.115. The molecule has 168 valence electrons. The molecule has 1 atom stereocenters. The highest BCUT2D eigenvalue weighted by Gasteiger charge is 2.35. The first kappa shape index (κ1) is 24.3. The van der Waals surface area contributed by atoms with Gasteiger partial charge >= 0.3 is 0 Å². The average Bonchev–Trinajstić information content (AvgIpc) is 2.85. The van der Waals surface area contributed by atoms with E-state index in [0.29, 0.717) is 26.4 Å². The van der Waals surface area contributed by atoms with Crippen LogP contribution in [0.5, 0.6) is 0 Å². The molecule has 0 aliphatic rings. The predicted octanol–water partition coefficient (Wildman–Crippen LogP) is 5.36. The molecule has 1 unspecified atom stereocenters. The number of hydrogen-bond donors (Lipinski definition) is 1. The van der Waals surface area contributed by atoms with Crippen molar-refractivity contribution in [3.63, 3.8) is 0 Å². The topological polar surface area (TPSA) is 38.7 Å². The van der Waals surface area contributed by atoms with Gasteiger partial charge < -0.3 is 14.6 Å². The zero-order valence-electron chi connectivity index (χ0n) is 19.5. The van der Waals surface area contributed by atoms with Gasteiger partial charge in [-0.15, -0.1) is 11.8 Å². The lowest BCUT2D eigenvalue weighted by Gasteiger charge is -2.32. The third kappa shape index (κ3) is 6.13. The highest BCUT2D eigenvalue weighted by Crippen LogP contribution is 2.39. The van der Waals surface area contributed by atoms with E-state index < -0.39 is 5.60 Å². The van der Waals surface area contributed by atoms with Gasteiger partial charge in [0.25, 0.3) is 0 Å². The summed E-state index contributed by atoms with van der Waals surface area (Å²) < 4.78 is 11.3. The maximum Gasteiger partial charge on any atom is 0.140 e. The Balaban J connectivity index is 2.01. The van der Waals surface area contributed by atoms with Gasteiger partial charge in [0.05, 0.1) is 13.2 Å². The first-order valence-electron chi connectivity index (χ1n) is 11.0. The quantitative estimate of drug-likeness (QED) is 0.278. The van der Waals surface area contributed by atoms with Crippen LogP contribution in [0.15, 0.2) is 72.8 Å². The summed E-state index contributed by atoms with van der Waals surface area (Å²) in [4.78, 5) is 0. The van der Waals surface area contributed by atoms with Gasteiger partial charge in [-0.05, 0) is 48.6 Å². The van der Waals surface area contributed by atoms with E-state index in [0.717, 1.165) is 33.4 Å². The van der Waals surface area contributed by atoms with Crippen LogP contribution in [0.3, 0.4) is 0 Å². The number of aryl methyl sites for hydroxylation is 1. The van der Waals surface area contributed by atoms with Crippen LogP contribution in [0.25, 0.3) is 0 Å². The fraction of sp³-hybridized carbons (Fsp3) is 0.267. The fourth-order valence-corrected chi connectivity index (χ4v) is 3.69. The molecule has 33 heavy (non-hydrogen) atoms. The Kier molecular flexibility index (Phi) is 8.87. The van der Waals surface area contributed by atoms with Crippen LogP contribution in [0, 0.1) is 30.6 Å². The number of aliphatic hydroxyl groups is 1. The molecule has 0 saturated heterocycles. The standard InChI is InChI=1S/C30H30O3/c1-4-6-20-32-22-25-14-18-28(19-15-25)30(31,27-16-12-24(3)13-17-27)29-11-9-8-10-26(29)23-33-21-7-5-2/h8-19,31H,20-23H2,1-3H3. The highest BCUT2D eigenvalue weighted by atomic mass is 16.5. The second-order valence-electron chi connectivity index (χ2n) is 7.77. The van der Waals surface area contributed by atoms with E-state index >= 15 is 0 Å². The van der Waals surface area contributed by atoms with Crippen molar-refractivity contribution in [3.8, 4) is 23.7 Å². The van der Waals surface area contributed by atoms with Crippen LogP contribution in [0.4, 0.5) is 0 Å². The van der Waals surface area contributed by atoms with Crippen LogP contribution in [-0.2, 0) is 28.3 Å². The minimum Gasteiger partial charge on any atom is -0.376 e. The predicted molar refractivity (Wildman–Crippen MR) is 132 cm³/mol. The third-order valence-electron chi connectivity index (χ3n) is 5.48. The second kappa shape index (κ2) is 12.0. The Morgan fingerprint density at radius 1 is 0.727 bits per heavy atom. The summed E-state index contributed by atoms with van der Waals surface area (Å²) in [6, 6.07) is 23.8. The lowest BCUT2D eigenvalue weighted by Crippen LogP contribution is -2.30. The summed E-state index contributed by atoms with van der Waals surface area (Å²) >= 11 is 0. The van der Waals surface area contributed by atoms with E-state index in [4.69, 9.17) is 9.47 Å². The van der Waals surface area contributed by atoms with Gasteiger partial charge in [-0.3, -0.25) is 0 Å². The molecule has 0 amide bonds. The van der Waals surface area contributed by atoms with Crippen molar-refractivity contribution in [2.45, 2.75) is 39.6 Å². The van der Waals surface area contributed by atoms with E-state index in [1.165, 1.54) is 0 Å². The molecule has 0 fully saturated rings. The summed E-state index contributed by atoms with van der Waals surface area (Å²) in [6.45, 7) is 7.22. The summed E-state index contributed by atoms with van der Waals surface area (Å²) in [5, 5.41) is 12.3. The van der Waals surface area contributed by atoms with Gasteiger partial charge in [-0.1, -0.05) is 90.2 Å². The minimum atomic E-state index is -1.34. The molecule has 3 heteroatoms. The van der Waals surface area contributed by atoms with Crippen LogP contribution < -0.4 is 0 Å². The number of benzene rings is 3. The van der Waals surface area contributed by atoms with Gasteiger partial charge in [0.1, 0.15) is 18.8 Å². The molecular weight excluding hydrogens is 408 g/mol. The molecule has 1 N–H and O–H groups in total. The van der Waals surface area contributed by atoms with E-state index in [1.54, 1.807) is 13.8 Å². The maximum atomic E-state index is 12.3. The van der Waals surface area contributed by atoms with E-state index in [9.17, 15) is 5.11 Å². The summed E-state index contributed by atoms with van der Waals surface area (Å²) in [5.74, 6) is 11.5. The lowest BCUT2D eigenvalue weighted by atomic mass is 9.78. The van der Waals surface area contributed by atoms with Crippen LogP contribution in [0.1, 0.15) is 47.2 Å². The van der Waals surface area contributed by atoms with Gasteiger partial charge in [-0.25, -0.2) is 0 Å². The Bertz CT molecular complexity index is 1160. The SMILES string of the molecule is CC#CCOCc1ccc(C(O)(c2ccc(C)cc2)c2ccccc2COCC#CC)cc1. The van der Waals surface area contributed by atoms with Crippen molar-refractivity contribution in [3.05, 3.63) is 106 Å². The molecule has 0 aliphatic heterocycles. The van der Waals surface area contributed by atoms with Crippen molar-refractivity contribution in [1.82, 2.24) is 0 Å². The van der Waals surface area contributed by atoms with Crippen molar-refractivity contribution >= 4 is 0 Å². The fourth-order valence-electron chi connectivity index (χ4n) is 3.69. The second-order valence-corrected chi connectivity index (χ2v) is 7.77. The van der Waals surface area contributed by atoms with Crippen molar-refractivity contribution < 1.29 is 14.6 Å². The monoisotopic (exact) mass is 438 g/mol.